The first-order valence-electron chi connectivity index (χ1n) is 8.85. The van der Waals surface area contributed by atoms with E-state index in [-0.39, 0.29) is 11.4 Å². The van der Waals surface area contributed by atoms with Gasteiger partial charge in [0.15, 0.2) is 11.5 Å². The number of hydrogen-bond donors (Lipinski definition) is 1. The highest BCUT2D eigenvalue weighted by Crippen LogP contribution is 2.38. The van der Waals surface area contributed by atoms with E-state index in [1.165, 1.54) is 14.2 Å². The number of ether oxygens (including phenoxy) is 2. The first-order valence-corrected chi connectivity index (χ1v) is 10.5. The quantitative estimate of drug-likeness (QED) is 0.602. The number of hydrogen-bond acceptors (Lipinski definition) is 6. The first kappa shape index (κ1) is 21.9. The highest BCUT2D eigenvalue weighted by atomic mass is 79.9. The summed E-state index contributed by atoms with van der Waals surface area (Å²) in [6, 6.07) is 10.7. The Kier molecular flexibility index (Phi) is 6.84. The van der Waals surface area contributed by atoms with Crippen molar-refractivity contribution in [2.24, 2.45) is 0 Å². The topological polar surface area (TPSA) is 84.9 Å². The van der Waals surface area contributed by atoms with Gasteiger partial charge in [0.1, 0.15) is 6.54 Å². The molecule has 1 N–H and O–H groups in total. The molecule has 0 unspecified atom stereocenters. The second kappa shape index (κ2) is 9.36. The molecular weight excluding hydrogens is 472 g/mol. The van der Waals surface area contributed by atoms with Gasteiger partial charge in [-0.2, -0.15) is 0 Å². The van der Waals surface area contributed by atoms with Crippen LogP contribution >= 0.6 is 27.7 Å². The third kappa shape index (κ3) is 4.85. The third-order valence-corrected chi connectivity index (χ3v) is 5.76. The zero-order valence-electron chi connectivity index (χ0n) is 16.5. The summed E-state index contributed by atoms with van der Waals surface area (Å²) < 4.78 is 11.2. The average Bonchev–Trinajstić information content (AvgIpc) is 2.96. The van der Waals surface area contributed by atoms with Crippen LogP contribution in [0.15, 0.2) is 45.8 Å². The first-order chi connectivity index (χ1) is 14.3. The maximum absolute atomic E-state index is 12.7. The molecule has 156 valence electrons. The summed E-state index contributed by atoms with van der Waals surface area (Å²) >= 11 is 4.19. The molecule has 3 amide bonds. The molecule has 1 fully saturated rings. The van der Waals surface area contributed by atoms with E-state index in [0.29, 0.717) is 27.2 Å². The summed E-state index contributed by atoms with van der Waals surface area (Å²) in [5.74, 6) is 0.0385. The van der Waals surface area contributed by atoms with Gasteiger partial charge in [-0.3, -0.25) is 19.3 Å². The maximum Gasteiger partial charge on any atom is 0.294 e. The molecule has 0 aliphatic carbocycles. The van der Waals surface area contributed by atoms with Crippen molar-refractivity contribution in [3.63, 3.8) is 0 Å². The van der Waals surface area contributed by atoms with Gasteiger partial charge in [0.2, 0.25) is 5.91 Å². The Hall–Kier alpha value is -2.78. The molecule has 7 nitrogen and oxygen atoms in total. The summed E-state index contributed by atoms with van der Waals surface area (Å²) in [5, 5.41) is 2.19. The summed E-state index contributed by atoms with van der Waals surface area (Å²) in [5.41, 5.74) is 2.31. The smallest absolute Gasteiger partial charge is 0.294 e. The van der Waals surface area contributed by atoms with Crippen molar-refractivity contribution < 1.29 is 23.9 Å². The number of amides is 3. The molecule has 0 saturated carbocycles. The molecule has 1 saturated heterocycles. The van der Waals surface area contributed by atoms with Gasteiger partial charge in [-0.15, -0.1) is 0 Å². The zero-order valence-corrected chi connectivity index (χ0v) is 18.9. The minimum atomic E-state index is -0.519. The fourth-order valence-corrected chi connectivity index (χ4v) is 4.25. The van der Waals surface area contributed by atoms with Crippen LogP contribution in [0.25, 0.3) is 6.08 Å². The van der Waals surface area contributed by atoms with Crippen molar-refractivity contribution in [2.75, 3.05) is 26.1 Å². The largest absolute Gasteiger partial charge is 0.493 e. The fourth-order valence-electron chi connectivity index (χ4n) is 2.79. The van der Waals surface area contributed by atoms with Crippen LogP contribution in [0.3, 0.4) is 0 Å². The van der Waals surface area contributed by atoms with Crippen LogP contribution in [0.5, 0.6) is 11.5 Å². The van der Waals surface area contributed by atoms with E-state index < -0.39 is 17.1 Å². The molecule has 0 radical (unpaired) electrons. The number of thioether (sulfide) groups is 1. The van der Waals surface area contributed by atoms with Crippen molar-refractivity contribution in [1.29, 1.82) is 0 Å². The lowest BCUT2D eigenvalue weighted by Crippen LogP contribution is -2.36. The lowest BCUT2D eigenvalue weighted by molar-refractivity contribution is -0.127. The molecule has 1 aliphatic heterocycles. The Bertz CT molecular complexity index is 1040. The van der Waals surface area contributed by atoms with Crippen molar-refractivity contribution in [2.45, 2.75) is 6.92 Å². The summed E-state index contributed by atoms with van der Waals surface area (Å²) in [7, 11) is 3.03. The van der Waals surface area contributed by atoms with Crippen LogP contribution < -0.4 is 14.8 Å². The van der Waals surface area contributed by atoms with Gasteiger partial charge in [-0.25, -0.2) is 0 Å². The molecule has 0 aromatic heterocycles. The zero-order chi connectivity index (χ0) is 21.8. The van der Waals surface area contributed by atoms with Gasteiger partial charge in [-0.05, 0) is 70.5 Å². The van der Waals surface area contributed by atoms with E-state index in [1.807, 2.05) is 19.1 Å². The number of imide groups is 1. The van der Waals surface area contributed by atoms with Crippen LogP contribution in [-0.4, -0.2) is 42.7 Å². The normalized spacial score (nSPS) is 14.9. The number of methoxy groups -OCH3 is 2. The van der Waals surface area contributed by atoms with Crippen LogP contribution in [0, 0.1) is 6.92 Å². The molecule has 2 aromatic rings. The van der Waals surface area contributed by atoms with Crippen LogP contribution in [0.1, 0.15) is 11.1 Å². The number of nitrogens with one attached hydrogen (secondary N) is 1. The molecule has 3 rings (SSSR count). The molecule has 0 spiro atoms. The van der Waals surface area contributed by atoms with Crippen LogP contribution in [-0.2, 0) is 9.59 Å². The molecule has 30 heavy (non-hydrogen) atoms. The van der Waals surface area contributed by atoms with E-state index in [0.717, 1.165) is 22.2 Å². The molecule has 2 aromatic carbocycles. The second-order valence-corrected chi connectivity index (χ2v) is 8.27. The highest BCUT2D eigenvalue weighted by molar-refractivity contribution is 9.10. The monoisotopic (exact) mass is 490 g/mol. The molecule has 9 heteroatoms. The van der Waals surface area contributed by atoms with Gasteiger partial charge in [-0.1, -0.05) is 17.7 Å². The number of nitrogens with zero attached hydrogens (tertiary/aromatic N) is 1. The van der Waals surface area contributed by atoms with Gasteiger partial charge in [0.05, 0.1) is 23.6 Å². The molecule has 0 bridgehead atoms. The van der Waals surface area contributed by atoms with E-state index in [1.54, 1.807) is 30.3 Å². The number of rotatable bonds is 6. The molecule has 1 heterocycles. The van der Waals surface area contributed by atoms with E-state index >= 15 is 0 Å². The SMILES string of the molecule is COc1cc(/C=C2\SC(=O)N(CC(=O)Nc3ccc(C)cc3)C2=O)cc(Br)c1OC. The number of benzene rings is 2. The van der Waals surface area contributed by atoms with Gasteiger partial charge >= 0.3 is 0 Å². The van der Waals surface area contributed by atoms with Crippen LogP contribution in [0.4, 0.5) is 10.5 Å². The Morgan fingerprint density at radius 1 is 1.17 bits per heavy atom. The van der Waals surface area contributed by atoms with E-state index in [9.17, 15) is 14.4 Å². The predicted molar refractivity (Wildman–Crippen MR) is 120 cm³/mol. The summed E-state index contributed by atoms with van der Waals surface area (Å²) in [6.45, 7) is 1.58. The Labute approximate surface area is 186 Å². The fraction of sp³-hybridized carbons (Fsp3) is 0.190. The Morgan fingerprint density at radius 2 is 1.87 bits per heavy atom. The average molecular weight is 491 g/mol. The minimum absolute atomic E-state index is 0.224. The number of aryl methyl sites for hydroxylation is 1. The lowest BCUT2D eigenvalue weighted by Gasteiger charge is -2.12. The van der Waals surface area contributed by atoms with Crippen LogP contribution in [0.2, 0.25) is 0 Å². The molecular formula is C21H19BrN2O5S. The predicted octanol–water partition coefficient (Wildman–Crippen LogP) is 4.45. The van der Waals surface area contributed by atoms with E-state index in [4.69, 9.17) is 9.47 Å². The van der Waals surface area contributed by atoms with Gasteiger partial charge < -0.3 is 14.8 Å². The highest BCUT2D eigenvalue weighted by Gasteiger charge is 2.36. The summed E-state index contributed by atoms with van der Waals surface area (Å²) in [6.07, 6.45) is 1.58. The summed E-state index contributed by atoms with van der Waals surface area (Å²) in [4.78, 5) is 38.4. The van der Waals surface area contributed by atoms with Crippen molar-refractivity contribution >= 4 is 56.5 Å². The van der Waals surface area contributed by atoms with Crippen molar-refractivity contribution in [3.8, 4) is 11.5 Å². The third-order valence-electron chi connectivity index (χ3n) is 4.26. The van der Waals surface area contributed by atoms with Crippen molar-refractivity contribution in [3.05, 3.63) is 56.9 Å². The van der Waals surface area contributed by atoms with E-state index in [2.05, 4.69) is 21.2 Å². The number of anilines is 1. The Morgan fingerprint density at radius 3 is 2.50 bits per heavy atom. The standard InChI is InChI=1S/C21H19BrN2O5S/c1-12-4-6-14(7-5-12)23-18(25)11-24-20(26)17(30-21(24)27)10-13-8-15(22)19(29-3)16(9-13)28-2/h4-10H,11H2,1-3H3,(H,23,25)/b17-10-. The number of halogens is 1. The molecule has 0 atom stereocenters. The van der Waals surface area contributed by atoms with Gasteiger partial charge in [0, 0.05) is 5.69 Å². The van der Waals surface area contributed by atoms with Gasteiger partial charge in [0.25, 0.3) is 11.1 Å². The molecule has 1 aliphatic rings. The Balaban J connectivity index is 1.75. The maximum atomic E-state index is 12.7. The second-order valence-electron chi connectivity index (χ2n) is 6.42. The number of carbonyl (C=O) groups excluding carboxylic acids is 3. The lowest BCUT2D eigenvalue weighted by atomic mass is 10.2. The minimum Gasteiger partial charge on any atom is -0.493 e. The number of carbonyl (C=O) groups is 3. The van der Waals surface area contributed by atoms with Crippen molar-refractivity contribution in [1.82, 2.24) is 4.90 Å².